The molecule has 1 N–H and O–H groups in total. The molecular weight excluding hydrogens is 382 g/mol. The highest BCUT2D eigenvalue weighted by atomic mass is 79.9. The number of nitrogens with one attached hydrogen (secondary N) is 1. The van der Waals surface area contributed by atoms with E-state index in [0.29, 0.717) is 0 Å². The summed E-state index contributed by atoms with van der Waals surface area (Å²) in [5, 5.41) is 2.79. The molecule has 5 heteroatoms. The van der Waals surface area contributed by atoms with Crippen LogP contribution in [0.25, 0.3) is 0 Å². The van der Waals surface area contributed by atoms with E-state index in [1.54, 1.807) is 0 Å². The van der Waals surface area contributed by atoms with Gasteiger partial charge in [-0.15, -0.1) is 0 Å². The van der Waals surface area contributed by atoms with Gasteiger partial charge in [0.1, 0.15) is 12.6 Å². The number of benzene rings is 2. The normalized spacial score (nSPS) is 11.8. The lowest BCUT2D eigenvalue weighted by Gasteiger charge is -2.21. The molecule has 0 radical (unpaired) electrons. The molecule has 0 heterocycles. The summed E-state index contributed by atoms with van der Waals surface area (Å²) in [5.41, 5.74) is 1.81. The molecule has 0 aliphatic carbocycles. The molecule has 2 aromatic carbocycles. The Morgan fingerprint density at radius 2 is 1.64 bits per heavy atom. The molecule has 0 aliphatic rings. The van der Waals surface area contributed by atoms with Crippen molar-refractivity contribution in [2.75, 3.05) is 0 Å². The number of carbonyl (C=O) groups excluding carboxylic acids is 2. The van der Waals surface area contributed by atoms with Gasteiger partial charge >= 0.3 is 5.97 Å². The summed E-state index contributed by atoms with van der Waals surface area (Å²) in [5.74, 6) is -0.665. The van der Waals surface area contributed by atoms with Crippen molar-refractivity contribution in [1.29, 1.82) is 0 Å². The SMILES string of the molecule is CC(C)C(NC(=O)Cc1ccccc1)C(=O)OCc1ccc(Br)cc1. The third-order valence-corrected chi connectivity index (χ3v) is 4.27. The number of hydrogen-bond acceptors (Lipinski definition) is 3. The standard InChI is InChI=1S/C20H22BrNO3/c1-14(2)19(22-18(23)12-15-6-4-3-5-7-15)20(24)25-13-16-8-10-17(21)11-9-16/h3-11,14,19H,12-13H2,1-2H3,(H,22,23). The van der Waals surface area contributed by atoms with E-state index in [1.807, 2.05) is 68.4 Å². The van der Waals surface area contributed by atoms with Crippen LogP contribution in [-0.2, 0) is 27.4 Å². The van der Waals surface area contributed by atoms with Crippen molar-refractivity contribution in [1.82, 2.24) is 5.32 Å². The van der Waals surface area contributed by atoms with Crippen LogP contribution in [0.15, 0.2) is 59.1 Å². The van der Waals surface area contributed by atoms with Crippen molar-refractivity contribution in [3.05, 3.63) is 70.2 Å². The number of ether oxygens (including phenoxy) is 1. The Hall–Kier alpha value is -2.14. The van der Waals surface area contributed by atoms with Crippen molar-refractivity contribution in [3.63, 3.8) is 0 Å². The molecule has 0 aromatic heterocycles. The molecule has 0 bridgehead atoms. The molecule has 0 fully saturated rings. The smallest absolute Gasteiger partial charge is 0.329 e. The highest BCUT2D eigenvalue weighted by Gasteiger charge is 2.25. The molecule has 132 valence electrons. The van der Waals surface area contributed by atoms with Gasteiger partial charge < -0.3 is 10.1 Å². The second kappa shape index (κ2) is 9.37. The lowest BCUT2D eigenvalue weighted by atomic mass is 10.0. The van der Waals surface area contributed by atoms with Crippen LogP contribution in [-0.4, -0.2) is 17.9 Å². The Kier molecular flexibility index (Phi) is 7.19. The molecule has 2 aromatic rings. The van der Waals surface area contributed by atoms with Crippen molar-refractivity contribution >= 4 is 27.8 Å². The van der Waals surface area contributed by atoms with Gasteiger partial charge in [-0.3, -0.25) is 4.79 Å². The van der Waals surface area contributed by atoms with E-state index >= 15 is 0 Å². The van der Waals surface area contributed by atoms with Crippen LogP contribution >= 0.6 is 15.9 Å². The average molecular weight is 404 g/mol. The average Bonchev–Trinajstić information content (AvgIpc) is 2.59. The molecule has 0 saturated carbocycles. The molecule has 0 saturated heterocycles. The molecule has 0 spiro atoms. The van der Waals surface area contributed by atoms with E-state index in [1.165, 1.54) is 0 Å². The predicted octanol–water partition coefficient (Wildman–Crippen LogP) is 3.88. The van der Waals surface area contributed by atoms with E-state index in [9.17, 15) is 9.59 Å². The van der Waals surface area contributed by atoms with Gasteiger partial charge in [0.2, 0.25) is 5.91 Å². The number of rotatable bonds is 7. The highest BCUT2D eigenvalue weighted by Crippen LogP contribution is 2.12. The van der Waals surface area contributed by atoms with Crippen LogP contribution < -0.4 is 5.32 Å². The van der Waals surface area contributed by atoms with Crippen molar-refractivity contribution in [2.45, 2.75) is 32.9 Å². The lowest BCUT2D eigenvalue weighted by Crippen LogP contribution is -2.45. The summed E-state index contributed by atoms with van der Waals surface area (Å²) in [6.07, 6.45) is 0.240. The molecule has 1 amide bonds. The van der Waals surface area contributed by atoms with Gasteiger partial charge in [0.05, 0.1) is 6.42 Å². The van der Waals surface area contributed by atoms with Crippen LogP contribution in [0, 0.1) is 5.92 Å². The minimum absolute atomic E-state index is 0.0582. The van der Waals surface area contributed by atoms with E-state index in [0.717, 1.165) is 15.6 Å². The number of carbonyl (C=O) groups is 2. The van der Waals surface area contributed by atoms with Crippen molar-refractivity contribution < 1.29 is 14.3 Å². The number of halogens is 1. The molecule has 1 unspecified atom stereocenters. The van der Waals surface area contributed by atoms with E-state index < -0.39 is 12.0 Å². The Balaban J connectivity index is 1.91. The fourth-order valence-corrected chi connectivity index (χ4v) is 2.59. The minimum atomic E-state index is -0.660. The topological polar surface area (TPSA) is 55.4 Å². The quantitative estimate of drug-likeness (QED) is 0.713. The van der Waals surface area contributed by atoms with Gasteiger partial charge in [-0.1, -0.05) is 72.2 Å². The number of esters is 1. The maximum Gasteiger partial charge on any atom is 0.329 e. The summed E-state index contributed by atoms with van der Waals surface area (Å²) in [6, 6.07) is 16.3. The van der Waals surface area contributed by atoms with Crippen LogP contribution in [0.3, 0.4) is 0 Å². The summed E-state index contributed by atoms with van der Waals surface area (Å²) in [4.78, 5) is 24.6. The molecule has 25 heavy (non-hydrogen) atoms. The van der Waals surface area contributed by atoms with Crippen LogP contribution in [0.4, 0.5) is 0 Å². The highest BCUT2D eigenvalue weighted by molar-refractivity contribution is 9.10. The van der Waals surface area contributed by atoms with Gasteiger partial charge in [-0.2, -0.15) is 0 Å². The van der Waals surface area contributed by atoms with Crippen molar-refractivity contribution in [3.8, 4) is 0 Å². The Morgan fingerprint density at radius 3 is 2.24 bits per heavy atom. The van der Waals surface area contributed by atoms with Gasteiger partial charge in [0.25, 0.3) is 0 Å². The van der Waals surface area contributed by atoms with E-state index in [2.05, 4.69) is 21.2 Å². The van der Waals surface area contributed by atoms with Gasteiger partial charge in [0, 0.05) is 4.47 Å². The molecule has 1 atom stereocenters. The number of amides is 1. The summed E-state index contributed by atoms with van der Waals surface area (Å²) in [7, 11) is 0. The maximum absolute atomic E-state index is 12.4. The largest absolute Gasteiger partial charge is 0.459 e. The monoisotopic (exact) mass is 403 g/mol. The lowest BCUT2D eigenvalue weighted by molar-refractivity contribution is -0.150. The first-order chi connectivity index (χ1) is 12.0. The maximum atomic E-state index is 12.4. The third kappa shape index (κ3) is 6.35. The first kappa shape index (κ1) is 19.2. The molecule has 4 nitrogen and oxygen atoms in total. The van der Waals surface area contributed by atoms with Crippen molar-refractivity contribution in [2.24, 2.45) is 5.92 Å². The van der Waals surface area contributed by atoms with E-state index in [4.69, 9.17) is 4.74 Å². The molecule has 0 aliphatic heterocycles. The van der Waals surface area contributed by atoms with Crippen LogP contribution in [0.1, 0.15) is 25.0 Å². The van der Waals surface area contributed by atoms with Crippen LogP contribution in [0.2, 0.25) is 0 Å². The van der Waals surface area contributed by atoms with Gasteiger partial charge in [-0.05, 0) is 29.2 Å². The zero-order valence-electron chi connectivity index (χ0n) is 14.4. The minimum Gasteiger partial charge on any atom is -0.459 e. The fourth-order valence-electron chi connectivity index (χ4n) is 2.33. The molecular formula is C20H22BrNO3. The Bertz CT molecular complexity index is 699. The fraction of sp³-hybridized carbons (Fsp3) is 0.300. The predicted molar refractivity (Wildman–Crippen MR) is 101 cm³/mol. The Morgan fingerprint density at radius 1 is 1.00 bits per heavy atom. The zero-order valence-corrected chi connectivity index (χ0v) is 16.0. The second-order valence-corrected chi connectivity index (χ2v) is 7.10. The Labute approximate surface area is 156 Å². The number of hydrogen-bond donors (Lipinski definition) is 1. The summed E-state index contributed by atoms with van der Waals surface area (Å²) in [6.45, 7) is 3.95. The second-order valence-electron chi connectivity index (χ2n) is 6.19. The zero-order chi connectivity index (χ0) is 18.2. The molecule has 2 rings (SSSR count). The first-order valence-electron chi connectivity index (χ1n) is 8.20. The van der Waals surface area contributed by atoms with Gasteiger partial charge in [-0.25, -0.2) is 4.79 Å². The van der Waals surface area contributed by atoms with E-state index in [-0.39, 0.29) is 24.9 Å². The summed E-state index contributed by atoms with van der Waals surface area (Å²) >= 11 is 3.37. The first-order valence-corrected chi connectivity index (χ1v) is 8.99. The van der Waals surface area contributed by atoms with Gasteiger partial charge in [0.15, 0.2) is 0 Å². The third-order valence-electron chi connectivity index (χ3n) is 3.74. The van der Waals surface area contributed by atoms with Crippen LogP contribution in [0.5, 0.6) is 0 Å². The summed E-state index contributed by atoms with van der Waals surface area (Å²) < 4.78 is 6.34.